The van der Waals surface area contributed by atoms with Crippen molar-refractivity contribution in [3.63, 3.8) is 0 Å². The maximum absolute atomic E-state index is 12.0. The predicted molar refractivity (Wildman–Crippen MR) is 97.0 cm³/mol. The highest BCUT2D eigenvalue weighted by Gasteiger charge is 2.23. The summed E-state index contributed by atoms with van der Waals surface area (Å²) in [6.07, 6.45) is 4.37. The van der Waals surface area contributed by atoms with Gasteiger partial charge in [0.25, 0.3) is 11.8 Å². The lowest BCUT2D eigenvalue weighted by atomic mass is 9.86. The number of amides is 2. The second-order valence-corrected chi connectivity index (χ2v) is 7.11. The van der Waals surface area contributed by atoms with E-state index < -0.39 is 5.97 Å². The molecular formula is C18H23BrN2O4. The van der Waals surface area contributed by atoms with E-state index in [1.165, 1.54) is 6.42 Å². The van der Waals surface area contributed by atoms with Crippen LogP contribution in [0.15, 0.2) is 28.7 Å². The van der Waals surface area contributed by atoms with Crippen LogP contribution in [0.25, 0.3) is 0 Å². The number of carbonyl (C=O) groups is 3. The molecule has 1 fully saturated rings. The predicted octanol–water partition coefficient (Wildman–Crippen LogP) is 2.42. The van der Waals surface area contributed by atoms with Gasteiger partial charge in [-0.25, -0.2) is 0 Å². The van der Waals surface area contributed by atoms with Crippen molar-refractivity contribution in [3.05, 3.63) is 34.3 Å². The molecule has 0 aliphatic heterocycles. The van der Waals surface area contributed by atoms with Gasteiger partial charge >= 0.3 is 5.97 Å². The summed E-state index contributed by atoms with van der Waals surface area (Å²) in [4.78, 5) is 35.6. The van der Waals surface area contributed by atoms with Gasteiger partial charge in [-0.1, -0.05) is 31.9 Å². The summed E-state index contributed by atoms with van der Waals surface area (Å²) in [7, 11) is 0. The van der Waals surface area contributed by atoms with Gasteiger partial charge in [0, 0.05) is 10.5 Å². The number of ether oxygens (including phenoxy) is 1. The Bertz CT molecular complexity index is 635. The van der Waals surface area contributed by atoms with E-state index in [1.54, 1.807) is 24.3 Å². The number of hydrogen-bond acceptors (Lipinski definition) is 4. The normalized spacial score (nSPS) is 19.8. The molecule has 0 radical (unpaired) electrons. The van der Waals surface area contributed by atoms with Crippen LogP contribution in [0.1, 0.15) is 43.0 Å². The minimum atomic E-state index is -0.646. The molecule has 2 amide bonds. The summed E-state index contributed by atoms with van der Waals surface area (Å²) in [5.74, 6) is -0.890. The van der Waals surface area contributed by atoms with E-state index in [0.717, 1.165) is 19.3 Å². The number of hydrogen-bond donors (Lipinski definition) is 2. The molecule has 6 nitrogen and oxygen atoms in total. The number of nitrogens with one attached hydrogen (secondary N) is 2. The largest absolute Gasteiger partial charge is 0.454 e. The van der Waals surface area contributed by atoms with Gasteiger partial charge in [0.2, 0.25) is 0 Å². The molecule has 1 aliphatic rings. The Kier molecular flexibility index (Phi) is 7.43. The summed E-state index contributed by atoms with van der Waals surface area (Å²) in [5, 5.41) is 5.39. The number of halogens is 1. The summed E-state index contributed by atoms with van der Waals surface area (Å²) >= 11 is 3.28. The van der Waals surface area contributed by atoms with Crippen LogP contribution in [-0.4, -0.2) is 37.0 Å². The smallest absolute Gasteiger partial charge is 0.325 e. The van der Waals surface area contributed by atoms with E-state index in [9.17, 15) is 14.4 Å². The molecular weight excluding hydrogens is 388 g/mol. The molecule has 0 bridgehead atoms. The zero-order valence-electron chi connectivity index (χ0n) is 14.2. The van der Waals surface area contributed by atoms with Crippen LogP contribution in [0.4, 0.5) is 0 Å². The highest BCUT2D eigenvalue weighted by molar-refractivity contribution is 9.10. The zero-order valence-corrected chi connectivity index (χ0v) is 15.8. The second-order valence-electron chi connectivity index (χ2n) is 6.26. The average molecular weight is 411 g/mol. The van der Waals surface area contributed by atoms with Gasteiger partial charge in [-0.2, -0.15) is 0 Å². The standard InChI is InChI=1S/C18H23BrN2O4/c1-12-6-2-5-9-15(12)21-16(22)11-25-17(23)10-20-18(24)13-7-3-4-8-14(13)19/h3-4,7-8,12,15H,2,5-6,9-11H2,1H3,(H,20,24)(H,21,22)/t12-,15-/m0/s1. The van der Waals surface area contributed by atoms with Crippen molar-refractivity contribution in [3.8, 4) is 0 Å². The molecule has 0 spiro atoms. The molecule has 1 aromatic rings. The average Bonchev–Trinajstić information content (AvgIpc) is 2.60. The van der Waals surface area contributed by atoms with Gasteiger partial charge in [-0.3, -0.25) is 14.4 Å². The fraction of sp³-hybridized carbons (Fsp3) is 0.500. The zero-order chi connectivity index (χ0) is 18.2. The fourth-order valence-corrected chi connectivity index (χ4v) is 3.33. The first-order chi connectivity index (χ1) is 12.0. The van der Waals surface area contributed by atoms with Gasteiger partial charge < -0.3 is 15.4 Å². The summed E-state index contributed by atoms with van der Waals surface area (Å²) in [5.41, 5.74) is 0.430. The molecule has 0 saturated heterocycles. The molecule has 1 aliphatic carbocycles. The first-order valence-electron chi connectivity index (χ1n) is 8.45. The van der Waals surface area contributed by atoms with E-state index >= 15 is 0 Å². The van der Waals surface area contributed by atoms with Crippen molar-refractivity contribution < 1.29 is 19.1 Å². The van der Waals surface area contributed by atoms with Crippen molar-refractivity contribution in [1.82, 2.24) is 10.6 Å². The third kappa shape index (κ3) is 6.16. The van der Waals surface area contributed by atoms with Crippen molar-refractivity contribution in [2.45, 2.75) is 38.6 Å². The number of rotatable bonds is 6. The van der Waals surface area contributed by atoms with Crippen LogP contribution < -0.4 is 10.6 Å². The fourth-order valence-electron chi connectivity index (χ4n) is 2.87. The lowest BCUT2D eigenvalue weighted by Crippen LogP contribution is -2.43. The van der Waals surface area contributed by atoms with Gasteiger partial charge in [-0.15, -0.1) is 0 Å². The van der Waals surface area contributed by atoms with Crippen LogP contribution in [0.5, 0.6) is 0 Å². The van der Waals surface area contributed by atoms with E-state index in [2.05, 4.69) is 33.5 Å². The maximum Gasteiger partial charge on any atom is 0.325 e. The Balaban J connectivity index is 1.69. The SMILES string of the molecule is C[C@H]1CCCC[C@@H]1NC(=O)COC(=O)CNC(=O)c1ccccc1Br. The Morgan fingerprint density at radius 3 is 2.64 bits per heavy atom. The molecule has 0 heterocycles. The van der Waals surface area contributed by atoms with Crippen molar-refractivity contribution in [2.24, 2.45) is 5.92 Å². The molecule has 25 heavy (non-hydrogen) atoms. The highest BCUT2D eigenvalue weighted by Crippen LogP contribution is 2.23. The van der Waals surface area contributed by atoms with E-state index in [-0.39, 0.29) is 31.0 Å². The minimum absolute atomic E-state index is 0.148. The van der Waals surface area contributed by atoms with E-state index in [1.807, 2.05) is 0 Å². The summed E-state index contributed by atoms with van der Waals surface area (Å²) < 4.78 is 5.56. The molecule has 2 rings (SSSR count). The Morgan fingerprint density at radius 1 is 1.20 bits per heavy atom. The van der Waals surface area contributed by atoms with Crippen LogP contribution in [0.2, 0.25) is 0 Å². The number of benzene rings is 1. The van der Waals surface area contributed by atoms with Crippen molar-refractivity contribution in [2.75, 3.05) is 13.2 Å². The molecule has 0 aromatic heterocycles. The molecule has 2 N–H and O–H groups in total. The van der Waals surface area contributed by atoms with Crippen LogP contribution >= 0.6 is 15.9 Å². The van der Waals surface area contributed by atoms with Gasteiger partial charge in [0.05, 0.1) is 5.56 Å². The number of carbonyl (C=O) groups excluding carboxylic acids is 3. The van der Waals surface area contributed by atoms with E-state index in [4.69, 9.17) is 4.74 Å². The second kappa shape index (κ2) is 9.56. The monoisotopic (exact) mass is 410 g/mol. The van der Waals surface area contributed by atoms with Crippen LogP contribution in [-0.2, 0) is 14.3 Å². The van der Waals surface area contributed by atoms with Gasteiger partial charge in [0.15, 0.2) is 6.61 Å². The maximum atomic E-state index is 12.0. The Labute approximate surface area is 155 Å². The van der Waals surface area contributed by atoms with Crippen molar-refractivity contribution >= 4 is 33.7 Å². The minimum Gasteiger partial charge on any atom is -0.454 e. The summed E-state index contributed by atoms with van der Waals surface area (Å²) in [6.45, 7) is 1.51. The molecule has 2 atom stereocenters. The molecule has 7 heteroatoms. The van der Waals surface area contributed by atoms with E-state index in [0.29, 0.717) is 16.0 Å². The lowest BCUT2D eigenvalue weighted by Gasteiger charge is -2.29. The van der Waals surface area contributed by atoms with Gasteiger partial charge in [-0.05, 0) is 46.8 Å². The van der Waals surface area contributed by atoms with Crippen molar-refractivity contribution in [1.29, 1.82) is 0 Å². The highest BCUT2D eigenvalue weighted by atomic mass is 79.9. The molecule has 1 aromatic carbocycles. The quantitative estimate of drug-likeness (QED) is 0.705. The molecule has 136 valence electrons. The molecule has 1 saturated carbocycles. The first-order valence-corrected chi connectivity index (χ1v) is 9.24. The third-order valence-corrected chi connectivity index (χ3v) is 5.03. The third-order valence-electron chi connectivity index (χ3n) is 4.33. The summed E-state index contributed by atoms with van der Waals surface area (Å²) in [6, 6.07) is 7.05. The molecule has 0 unspecified atom stereocenters. The Morgan fingerprint density at radius 2 is 1.92 bits per heavy atom. The number of esters is 1. The van der Waals surface area contributed by atoms with Crippen LogP contribution in [0, 0.1) is 5.92 Å². The lowest BCUT2D eigenvalue weighted by molar-refractivity contribution is -0.147. The Hall–Kier alpha value is -1.89. The van der Waals surface area contributed by atoms with Crippen LogP contribution in [0.3, 0.4) is 0 Å². The topological polar surface area (TPSA) is 84.5 Å². The van der Waals surface area contributed by atoms with Gasteiger partial charge in [0.1, 0.15) is 6.54 Å². The first kappa shape index (κ1) is 19.4.